The third-order valence-electron chi connectivity index (χ3n) is 5.33. The Kier molecular flexibility index (Phi) is 5.17. The predicted octanol–water partition coefficient (Wildman–Crippen LogP) is 7.26. The van der Waals surface area contributed by atoms with Crippen LogP contribution in [0.5, 0.6) is 0 Å². The lowest BCUT2D eigenvalue weighted by molar-refractivity contribution is 0.0980. The lowest BCUT2D eigenvalue weighted by atomic mass is 9.82. The van der Waals surface area contributed by atoms with Crippen LogP contribution in [0, 0.1) is 0 Å². The minimum Gasteiger partial charge on any atom is -0.355 e. The molecular weight excluding hydrogens is 443 g/mol. The third kappa shape index (κ3) is 3.44. The van der Waals surface area contributed by atoms with Crippen molar-refractivity contribution >= 4 is 57.5 Å². The number of fused-ring (bicyclic) bond motifs is 2. The van der Waals surface area contributed by atoms with E-state index in [1.54, 1.807) is 18.2 Å². The van der Waals surface area contributed by atoms with Crippen molar-refractivity contribution in [1.29, 1.82) is 0 Å². The van der Waals surface area contributed by atoms with Crippen LogP contribution >= 0.6 is 23.2 Å². The van der Waals surface area contributed by atoms with Crippen molar-refractivity contribution in [1.82, 2.24) is 0 Å². The van der Waals surface area contributed by atoms with Gasteiger partial charge in [-0.3, -0.25) is 9.59 Å². The van der Waals surface area contributed by atoms with Crippen molar-refractivity contribution in [2.24, 2.45) is 0 Å². The Hall–Kier alpha value is -3.60. The number of hydrogen-bond donors (Lipinski definition) is 2. The van der Waals surface area contributed by atoms with E-state index in [9.17, 15) is 9.59 Å². The van der Waals surface area contributed by atoms with Crippen molar-refractivity contribution < 1.29 is 9.59 Å². The first-order valence-corrected chi connectivity index (χ1v) is 10.7. The van der Waals surface area contributed by atoms with Crippen LogP contribution in [0.1, 0.15) is 31.8 Å². The maximum atomic E-state index is 13.7. The molecule has 0 aliphatic heterocycles. The number of para-hydroxylation sites is 2. The normalized spacial score (nSPS) is 12.2. The molecule has 0 amide bonds. The van der Waals surface area contributed by atoms with Gasteiger partial charge in [0.2, 0.25) is 0 Å². The molecule has 5 rings (SSSR count). The SMILES string of the molecule is O=C1c2ccc(Cl)c(Cl)c2C(=O)c2c(Nc3ccccc3)ccc(Nc3ccccc3)c21. The molecule has 0 radical (unpaired) electrons. The number of carbonyl (C=O) groups is 2. The summed E-state index contributed by atoms with van der Waals surface area (Å²) in [6.45, 7) is 0. The van der Waals surface area contributed by atoms with E-state index in [1.807, 2.05) is 60.7 Å². The van der Waals surface area contributed by atoms with Crippen LogP contribution in [-0.4, -0.2) is 11.6 Å². The van der Waals surface area contributed by atoms with Crippen molar-refractivity contribution in [3.8, 4) is 0 Å². The average Bonchev–Trinajstić information content (AvgIpc) is 2.81. The number of hydrogen-bond acceptors (Lipinski definition) is 4. The number of anilines is 4. The molecule has 0 unspecified atom stereocenters. The Morgan fingerprint density at radius 1 is 0.531 bits per heavy atom. The molecule has 0 bridgehead atoms. The zero-order valence-corrected chi connectivity index (χ0v) is 18.2. The van der Waals surface area contributed by atoms with Crippen LogP contribution in [-0.2, 0) is 0 Å². The minimum absolute atomic E-state index is 0.0836. The highest BCUT2D eigenvalue weighted by Gasteiger charge is 2.36. The van der Waals surface area contributed by atoms with E-state index in [2.05, 4.69) is 10.6 Å². The van der Waals surface area contributed by atoms with E-state index in [4.69, 9.17) is 23.2 Å². The molecule has 1 aliphatic carbocycles. The van der Waals surface area contributed by atoms with Crippen molar-refractivity contribution in [3.63, 3.8) is 0 Å². The van der Waals surface area contributed by atoms with Crippen LogP contribution in [0.25, 0.3) is 0 Å². The number of ketones is 2. The molecule has 0 saturated heterocycles. The fourth-order valence-corrected chi connectivity index (χ4v) is 4.27. The van der Waals surface area contributed by atoms with Gasteiger partial charge in [0.1, 0.15) is 0 Å². The van der Waals surface area contributed by atoms with Crippen LogP contribution in [0.15, 0.2) is 84.9 Å². The number of nitrogens with one attached hydrogen (secondary N) is 2. The Balaban J connectivity index is 1.72. The van der Waals surface area contributed by atoms with Crippen LogP contribution < -0.4 is 10.6 Å². The van der Waals surface area contributed by atoms with Crippen LogP contribution in [0.3, 0.4) is 0 Å². The Morgan fingerprint density at radius 2 is 1.03 bits per heavy atom. The number of rotatable bonds is 4. The topological polar surface area (TPSA) is 58.2 Å². The second kappa shape index (κ2) is 8.15. The lowest BCUT2D eigenvalue weighted by Gasteiger charge is -2.25. The molecule has 1 aliphatic rings. The fourth-order valence-electron chi connectivity index (χ4n) is 3.86. The van der Waals surface area contributed by atoms with Gasteiger partial charge in [-0.25, -0.2) is 0 Å². The molecule has 2 N–H and O–H groups in total. The van der Waals surface area contributed by atoms with Gasteiger partial charge in [-0.05, 0) is 48.5 Å². The van der Waals surface area contributed by atoms with Crippen molar-refractivity contribution in [2.75, 3.05) is 10.6 Å². The summed E-state index contributed by atoms with van der Waals surface area (Å²) in [7, 11) is 0. The maximum absolute atomic E-state index is 13.7. The standard InChI is InChI=1S/C26H16Cl2N2O2/c27-18-12-11-17-21(24(18)28)26(32)23-20(30-16-9-5-2-6-10-16)14-13-19(22(23)25(17)31)29-15-7-3-1-4-8-15/h1-14,29-30H. The smallest absolute Gasteiger partial charge is 0.198 e. The second-order valence-corrected chi connectivity index (χ2v) is 8.12. The lowest BCUT2D eigenvalue weighted by Crippen LogP contribution is -2.24. The van der Waals surface area contributed by atoms with Crippen molar-refractivity contribution in [2.45, 2.75) is 0 Å². The molecule has 4 nitrogen and oxygen atoms in total. The summed E-state index contributed by atoms with van der Waals surface area (Å²) in [6, 6.07) is 25.6. The van der Waals surface area contributed by atoms with Gasteiger partial charge in [0.05, 0.1) is 38.1 Å². The maximum Gasteiger partial charge on any atom is 0.198 e. The summed E-state index contributed by atoms with van der Waals surface area (Å²) in [5, 5.41) is 6.84. The monoisotopic (exact) mass is 458 g/mol. The highest BCUT2D eigenvalue weighted by atomic mass is 35.5. The van der Waals surface area contributed by atoms with E-state index >= 15 is 0 Å². The Morgan fingerprint density at radius 3 is 1.56 bits per heavy atom. The Bertz CT molecular complexity index is 1370. The molecule has 0 saturated carbocycles. The molecule has 4 aromatic carbocycles. The van der Waals surface area contributed by atoms with Gasteiger partial charge in [-0.2, -0.15) is 0 Å². The molecule has 4 aromatic rings. The molecule has 6 heteroatoms. The first-order valence-electron chi connectivity index (χ1n) is 9.93. The molecule has 0 aromatic heterocycles. The highest BCUT2D eigenvalue weighted by Crippen LogP contribution is 2.42. The fraction of sp³-hybridized carbons (Fsp3) is 0. The molecule has 0 atom stereocenters. The molecule has 156 valence electrons. The highest BCUT2D eigenvalue weighted by molar-refractivity contribution is 6.46. The van der Waals surface area contributed by atoms with E-state index in [0.29, 0.717) is 16.9 Å². The number of halogens is 2. The first kappa shape index (κ1) is 20.3. The van der Waals surface area contributed by atoms with Gasteiger partial charge in [-0.1, -0.05) is 59.6 Å². The van der Waals surface area contributed by atoms with E-state index in [-0.39, 0.29) is 38.3 Å². The minimum atomic E-state index is -0.350. The number of benzene rings is 4. The van der Waals surface area contributed by atoms with Crippen LogP contribution in [0.4, 0.5) is 22.7 Å². The summed E-state index contributed by atoms with van der Waals surface area (Å²) in [5.74, 6) is -0.638. The van der Waals surface area contributed by atoms with Gasteiger partial charge in [0.25, 0.3) is 0 Å². The van der Waals surface area contributed by atoms with E-state index in [0.717, 1.165) is 11.4 Å². The molecule has 32 heavy (non-hydrogen) atoms. The molecule has 0 heterocycles. The average molecular weight is 459 g/mol. The third-order valence-corrected chi connectivity index (χ3v) is 6.14. The van der Waals surface area contributed by atoms with E-state index in [1.165, 1.54) is 6.07 Å². The van der Waals surface area contributed by atoms with E-state index < -0.39 is 0 Å². The summed E-state index contributed by atoms with van der Waals surface area (Å²) < 4.78 is 0. The summed E-state index contributed by atoms with van der Waals surface area (Å²) in [4.78, 5) is 27.3. The first-order chi connectivity index (χ1) is 15.5. The zero-order chi connectivity index (χ0) is 22.2. The Labute approximate surface area is 194 Å². The zero-order valence-electron chi connectivity index (χ0n) is 16.7. The van der Waals surface area contributed by atoms with Gasteiger partial charge < -0.3 is 10.6 Å². The van der Waals surface area contributed by atoms with Crippen molar-refractivity contribution in [3.05, 3.63) is 117 Å². The van der Waals surface area contributed by atoms with Gasteiger partial charge in [-0.15, -0.1) is 0 Å². The van der Waals surface area contributed by atoms with Gasteiger partial charge in [0, 0.05) is 16.9 Å². The quantitative estimate of drug-likeness (QED) is 0.297. The molecule has 0 spiro atoms. The molecular formula is C26H16Cl2N2O2. The number of carbonyl (C=O) groups excluding carboxylic acids is 2. The van der Waals surface area contributed by atoms with Gasteiger partial charge in [0.15, 0.2) is 11.6 Å². The molecule has 0 fully saturated rings. The predicted molar refractivity (Wildman–Crippen MR) is 129 cm³/mol. The summed E-state index contributed by atoms with van der Waals surface area (Å²) in [6.07, 6.45) is 0. The largest absolute Gasteiger partial charge is 0.355 e. The summed E-state index contributed by atoms with van der Waals surface area (Å²) in [5.41, 5.74) is 3.58. The summed E-state index contributed by atoms with van der Waals surface area (Å²) >= 11 is 12.5. The van der Waals surface area contributed by atoms with Crippen LogP contribution in [0.2, 0.25) is 10.0 Å². The van der Waals surface area contributed by atoms with Gasteiger partial charge >= 0.3 is 0 Å². The second-order valence-electron chi connectivity index (χ2n) is 7.33.